The van der Waals surface area contributed by atoms with Crippen LogP contribution in [-0.2, 0) is 0 Å². The van der Waals surface area contributed by atoms with Crippen LogP contribution in [0.5, 0.6) is 0 Å². The fourth-order valence-electron chi connectivity index (χ4n) is 3.80. The Hall–Kier alpha value is -2.02. The lowest BCUT2D eigenvalue weighted by Crippen LogP contribution is -2.12. The van der Waals surface area contributed by atoms with E-state index >= 15 is 0 Å². The lowest BCUT2D eigenvalue weighted by Gasteiger charge is -2.14. The minimum absolute atomic E-state index is 0.558. The maximum absolute atomic E-state index is 4.04. The van der Waals surface area contributed by atoms with Crippen molar-refractivity contribution in [3.63, 3.8) is 0 Å². The molecule has 1 unspecified atom stereocenters. The third kappa shape index (κ3) is 17.5. The van der Waals surface area contributed by atoms with Gasteiger partial charge in [0, 0.05) is 12.7 Å². The van der Waals surface area contributed by atoms with Gasteiger partial charge >= 0.3 is 0 Å². The van der Waals surface area contributed by atoms with Crippen LogP contribution in [0.3, 0.4) is 0 Å². The number of allylic oxidation sites excluding steroid dienone is 10. The smallest absolute Gasteiger partial charge is 0.00599 e. The van der Waals surface area contributed by atoms with Crippen LogP contribution in [0.4, 0.5) is 0 Å². The molecule has 0 radical (unpaired) electrons. The normalized spacial score (nSPS) is 13.3. The van der Waals surface area contributed by atoms with Gasteiger partial charge in [0.15, 0.2) is 0 Å². The third-order valence-electron chi connectivity index (χ3n) is 6.12. The van der Waals surface area contributed by atoms with Crippen LogP contribution < -0.4 is 5.32 Å². The molecular weight excluding hydrogens is 410 g/mol. The maximum Gasteiger partial charge on any atom is 0.00599 e. The number of hydrogen-bond donors (Lipinski definition) is 1. The molecule has 0 bridgehead atoms. The van der Waals surface area contributed by atoms with Gasteiger partial charge in [-0.3, -0.25) is 0 Å². The fourth-order valence-corrected chi connectivity index (χ4v) is 3.80. The molecule has 1 N–H and O–H groups in total. The quantitative estimate of drug-likeness (QED) is 0.198. The molecule has 1 nitrogen and oxygen atoms in total. The van der Waals surface area contributed by atoms with Crippen molar-refractivity contribution in [3.8, 4) is 0 Å². The van der Waals surface area contributed by atoms with Gasteiger partial charge in [-0.05, 0) is 62.7 Å². The highest BCUT2D eigenvalue weighted by Gasteiger charge is 2.10. The Morgan fingerprint density at radius 3 is 1.91 bits per heavy atom. The summed E-state index contributed by atoms with van der Waals surface area (Å²) in [5.74, 6) is 0.558. The van der Waals surface area contributed by atoms with Crippen LogP contribution in [0.25, 0.3) is 0 Å². The summed E-state index contributed by atoms with van der Waals surface area (Å²) in [4.78, 5) is 0. The molecule has 0 heterocycles. The molecule has 0 aromatic rings. The van der Waals surface area contributed by atoms with Gasteiger partial charge in [0.25, 0.3) is 0 Å². The van der Waals surface area contributed by atoms with Crippen molar-refractivity contribution in [3.05, 3.63) is 84.2 Å². The third-order valence-corrected chi connectivity index (χ3v) is 6.12. The van der Waals surface area contributed by atoms with E-state index in [1.54, 1.807) is 0 Å². The van der Waals surface area contributed by atoms with Gasteiger partial charge in [0.05, 0.1) is 0 Å². The van der Waals surface area contributed by atoms with Crippen molar-refractivity contribution in [2.24, 2.45) is 5.92 Å². The van der Waals surface area contributed by atoms with Crippen molar-refractivity contribution in [1.82, 2.24) is 5.32 Å². The zero-order valence-electron chi connectivity index (χ0n) is 24.0. The Bertz CT molecular complexity index is 675. The molecule has 0 amide bonds. The summed E-state index contributed by atoms with van der Waals surface area (Å²) >= 11 is 0. The van der Waals surface area contributed by atoms with E-state index < -0.39 is 0 Å². The van der Waals surface area contributed by atoms with Crippen LogP contribution >= 0.6 is 0 Å². The number of unbranched alkanes of at least 4 members (excludes halogenated alkanes) is 7. The average Bonchev–Trinajstić information content (AvgIpc) is 3.01. The van der Waals surface area contributed by atoms with Crippen LogP contribution in [-0.4, -0.2) is 7.05 Å². The van der Waals surface area contributed by atoms with Crippen molar-refractivity contribution in [2.45, 2.75) is 112 Å². The van der Waals surface area contributed by atoms with Crippen LogP contribution in [0.1, 0.15) is 112 Å². The summed E-state index contributed by atoms with van der Waals surface area (Å²) < 4.78 is 0. The number of nitrogens with one attached hydrogen (secondary N) is 1. The number of rotatable bonds is 14. The molecule has 1 atom stereocenters. The van der Waals surface area contributed by atoms with E-state index in [1.165, 1.54) is 68.1 Å². The Labute approximate surface area is 214 Å². The van der Waals surface area contributed by atoms with Crippen molar-refractivity contribution in [1.29, 1.82) is 0 Å². The average molecular weight is 468 g/mol. The summed E-state index contributed by atoms with van der Waals surface area (Å²) in [7, 11) is 1.91. The van der Waals surface area contributed by atoms with Gasteiger partial charge in [-0.1, -0.05) is 127 Å². The second kappa shape index (κ2) is 22.8. The molecule has 0 fully saturated rings. The molecule has 34 heavy (non-hydrogen) atoms. The summed E-state index contributed by atoms with van der Waals surface area (Å²) in [6.07, 6.45) is 23.0. The predicted molar refractivity (Wildman–Crippen MR) is 159 cm³/mol. The van der Waals surface area contributed by atoms with E-state index in [0.29, 0.717) is 5.92 Å². The molecule has 1 heteroatoms. The second-order valence-corrected chi connectivity index (χ2v) is 9.56. The van der Waals surface area contributed by atoms with Gasteiger partial charge in [-0.15, -0.1) is 6.58 Å². The minimum atomic E-state index is 0.558. The summed E-state index contributed by atoms with van der Waals surface area (Å²) in [5, 5.41) is 3.04. The maximum atomic E-state index is 4.04. The lowest BCUT2D eigenvalue weighted by molar-refractivity contribution is 0.585. The van der Waals surface area contributed by atoms with E-state index in [1.807, 2.05) is 13.1 Å². The zero-order valence-corrected chi connectivity index (χ0v) is 24.0. The Kier molecular flexibility index (Phi) is 22.9. The highest BCUT2D eigenvalue weighted by Crippen LogP contribution is 2.29. The molecular formula is C33H57N. The van der Waals surface area contributed by atoms with Crippen LogP contribution in [0.2, 0.25) is 0 Å². The van der Waals surface area contributed by atoms with Crippen molar-refractivity contribution in [2.75, 3.05) is 7.05 Å². The Balaban J connectivity index is 0. The highest BCUT2D eigenvalue weighted by atomic mass is 14.8. The SMILES string of the molecule is C=C(C)C1=C(C(=C)C)C(C)=CC=CC1.C=CCCC(C)C(=C)NC.CCCCCCCCCC. The molecule has 1 rings (SSSR count). The molecule has 0 saturated heterocycles. The van der Waals surface area contributed by atoms with Crippen LogP contribution in [0.15, 0.2) is 84.2 Å². The first-order chi connectivity index (χ1) is 16.2. The number of hydrogen-bond acceptors (Lipinski definition) is 1. The van der Waals surface area contributed by atoms with Gasteiger partial charge in [-0.2, -0.15) is 0 Å². The van der Waals surface area contributed by atoms with Gasteiger partial charge in [0.2, 0.25) is 0 Å². The van der Waals surface area contributed by atoms with E-state index in [0.717, 1.165) is 36.1 Å². The van der Waals surface area contributed by atoms with E-state index in [4.69, 9.17) is 0 Å². The monoisotopic (exact) mass is 467 g/mol. The molecule has 1 aliphatic carbocycles. The molecule has 1 aliphatic rings. The zero-order chi connectivity index (χ0) is 26.4. The fraction of sp³-hybridized carbons (Fsp3) is 0.576. The minimum Gasteiger partial charge on any atom is -0.392 e. The summed E-state index contributed by atoms with van der Waals surface area (Å²) in [5.41, 5.74) is 7.26. The first-order valence-corrected chi connectivity index (χ1v) is 13.5. The van der Waals surface area contributed by atoms with Crippen molar-refractivity contribution >= 4 is 0 Å². The van der Waals surface area contributed by atoms with Gasteiger partial charge in [-0.25, -0.2) is 0 Å². The van der Waals surface area contributed by atoms with E-state index in [9.17, 15) is 0 Å². The lowest BCUT2D eigenvalue weighted by atomic mass is 9.91. The summed E-state index contributed by atoms with van der Waals surface area (Å²) in [6, 6.07) is 0. The van der Waals surface area contributed by atoms with Gasteiger partial charge < -0.3 is 5.32 Å². The molecule has 0 saturated carbocycles. The van der Waals surface area contributed by atoms with Crippen LogP contribution in [0, 0.1) is 5.92 Å². The van der Waals surface area contributed by atoms with Gasteiger partial charge in [0.1, 0.15) is 0 Å². The Morgan fingerprint density at radius 1 is 0.971 bits per heavy atom. The second-order valence-electron chi connectivity index (χ2n) is 9.56. The standard InChI is InChI=1S/C14H18.C10H22.C9H17N/c1-10(2)13-9-7-6-8-12(5)14(13)11(3)4;1-3-5-7-9-10-8-6-4-2;1-5-6-7-8(2)9(3)10-4/h6-8H,1,3,9H2,2,4-5H3;3-10H2,1-2H3;5,8,10H,1,3,6-7H2,2,4H3. The summed E-state index contributed by atoms with van der Waals surface area (Å²) in [6.45, 7) is 28.6. The first kappa shape index (κ1) is 34.1. The largest absolute Gasteiger partial charge is 0.392 e. The Morgan fingerprint density at radius 2 is 1.50 bits per heavy atom. The molecule has 0 spiro atoms. The topological polar surface area (TPSA) is 12.0 Å². The predicted octanol–water partition coefficient (Wildman–Crippen LogP) is 10.8. The molecule has 0 aromatic carbocycles. The molecule has 0 aliphatic heterocycles. The molecule has 194 valence electrons. The van der Waals surface area contributed by atoms with E-state index in [2.05, 4.69) is 91.4 Å². The molecule has 0 aromatic heterocycles. The van der Waals surface area contributed by atoms with Crippen molar-refractivity contribution < 1.29 is 0 Å². The van der Waals surface area contributed by atoms with E-state index in [-0.39, 0.29) is 0 Å². The first-order valence-electron chi connectivity index (χ1n) is 13.5. The highest BCUT2D eigenvalue weighted by molar-refractivity contribution is 5.54.